The third-order valence-electron chi connectivity index (χ3n) is 3.22. The summed E-state index contributed by atoms with van der Waals surface area (Å²) < 4.78 is 18.7. The Labute approximate surface area is 127 Å². The predicted octanol–water partition coefficient (Wildman–Crippen LogP) is 1.81. The van der Waals surface area contributed by atoms with Crippen molar-refractivity contribution in [1.29, 1.82) is 0 Å². The number of carboxylic acids is 1. The van der Waals surface area contributed by atoms with Crippen LogP contribution < -0.4 is 4.90 Å². The fourth-order valence-corrected chi connectivity index (χ4v) is 2.75. The lowest BCUT2D eigenvalue weighted by Gasteiger charge is -2.20. The zero-order chi connectivity index (χ0) is 15.7. The lowest BCUT2D eigenvalue weighted by molar-refractivity contribution is -0.145. The molecule has 1 fully saturated rings. The van der Waals surface area contributed by atoms with Crippen LogP contribution in [0.4, 0.5) is 10.1 Å². The van der Waals surface area contributed by atoms with Gasteiger partial charge in [0.05, 0.1) is 18.7 Å². The Bertz CT molecular complexity index is 633. The van der Waals surface area contributed by atoms with Gasteiger partial charge >= 0.3 is 11.9 Å². The van der Waals surface area contributed by atoms with E-state index in [-0.39, 0.29) is 28.7 Å². The third-order valence-corrected chi connectivity index (χ3v) is 3.88. The number of carboxylic acid groups (broad SMARTS) is 1. The van der Waals surface area contributed by atoms with E-state index in [1.54, 1.807) is 0 Å². The number of rotatable bonds is 3. The van der Waals surface area contributed by atoms with Crippen LogP contribution in [-0.2, 0) is 14.3 Å². The third kappa shape index (κ3) is 2.76. The van der Waals surface area contributed by atoms with Gasteiger partial charge in [-0.25, -0.2) is 9.18 Å². The van der Waals surface area contributed by atoms with Gasteiger partial charge in [-0.15, -0.1) is 0 Å². The zero-order valence-electron chi connectivity index (χ0n) is 10.9. The molecule has 0 radical (unpaired) electrons. The van der Waals surface area contributed by atoms with Crippen molar-refractivity contribution in [3.63, 3.8) is 0 Å². The van der Waals surface area contributed by atoms with Crippen molar-refractivity contribution >= 4 is 39.5 Å². The Morgan fingerprint density at radius 3 is 2.71 bits per heavy atom. The number of anilines is 1. The normalized spacial score (nSPS) is 18.0. The Hall–Kier alpha value is -1.96. The van der Waals surface area contributed by atoms with Gasteiger partial charge in [0.15, 0.2) is 0 Å². The van der Waals surface area contributed by atoms with E-state index in [0.717, 1.165) is 11.0 Å². The number of esters is 1. The number of amides is 1. The van der Waals surface area contributed by atoms with E-state index in [1.165, 1.54) is 13.2 Å². The molecular formula is C13H11BrFNO5. The first-order valence-electron chi connectivity index (χ1n) is 5.96. The van der Waals surface area contributed by atoms with Crippen LogP contribution in [0.1, 0.15) is 16.8 Å². The first kappa shape index (κ1) is 15.4. The van der Waals surface area contributed by atoms with Gasteiger partial charge in [0.1, 0.15) is 11.4 Å². The molecule has 1 N–H and O–H groups in total. The van der Waals surface area contributed by atoms with E-state index in [2.05, 4.69) is 20.7 Å². The lowest BCUT2D eigenvalue weighted by atomic mass is 10.1. The van der Waals surface area contributed by atoms with Crippen LogP contribution in [0, 0.1) is 11.7 Å². The molecule has 6 nitrogen and oxygen atoms in total. The van der Waals surface area contributed by atoms with Gasteiger partial charge in [-0.2, -0.15) is 0 Å². The Morgan fingerprint density at radius 1 is 1.48 bits per heavy atom. The van der Waals surface area contributed by atoms with Gasteiger partial charge in [0, 0.05) is 17.4 Å². The van der Waals surface area contributed by atoms with Crippen LogP contribution in [0.15, 0.2) is 16.6 Å². The molecule has 0 saturated carbocycles. The van der Waals surface area contributed by atoms with E-state index >= 15 is 0 Å². The first-order valence-corrected chi connectivity index (χ1v) is 6.75. The monoisotopic (exact) mass is 359 g/mol. The summed E-state index contributed by atoms with van der Waals surface area (Å²) >= 11 is 3.03. The summed E-state index contributed by atoms with van der Waals surface area (Å²) in [7, 11) is 1.19. The standard InChI is InChI=1S/C13H11BrFNO5/c1-21-13(20)6-4-9(17)16(5-6)11-8(15)3-2-7(14)10(11)12(18)19/h2-3,6H,4-5H2,1H3,(H,18,19). The molecule has 8 heteroatoms. The number of ether oxygens (including phenoxy) is 1. The van der Waals surface area contributed by atoms with Gasteiger partial charge in [0.2, 0.25) is 5.91 Å². The summed E-state index contributed by atoms with van der Waals surface area (Å²) in [5.41, 5.74) is -0.692. The molecule has 1 atom stereocenters. The molecule has 1 amide bonds. The second kappa shape index (κ2) is 5.80. The van der Waals surface area contributed by atoms with Crippen molar-refractivity contribution in [2.24, 2.45) is 5.92 Å². The maximum atomic E-state index is 14.0. The molecule has 1 saturated heterocycles. The number of hydrogen-bond acceptors (Lipinski definition) is 4. The van der Waals surface area contributed by atoms with Gasteiger partial charge in [-0.3, -0.25) is 9.59 Å². The fraction of sp³-hybridized carbons (Fsp3) is 0.308. The Kier molecular flexibility index (Phi) is 4.26. The predicted molar refractivity (Wildman–Crippen MR) is 73.5 cm³/mol. The number of aromatic carboxylic acids is 1. The van der Waals surface area contributed by atoms with Gasteiger partial charge in [-0.1, -0.05) is 0 Å². The lowest BCUT2D eigenvalue weighted by Crippen LogP contribution is -2.29. The van der Waals surface area contributed by atoms with Crippen LogP contribution in [0.2, 0.25) is 0 Å². The molecule has 1 aliphatic rings. The van der Waals surface area contributed by atoms with Crippen LogP contribution in [-0.4, -0.2) is 36.6 Å². The van der Waals surface area contributed by atoms with E-state index in [4.69, 9.17) is 0 Å². The van der Waals surface area contributed by atoms with E-state index in [0.29, 0.717) is 0 Å². The highest BCUT2D eigenvalue weighted by Crippen LogP contribution is 2.35. The summed E-state index contributed by atoms with van der Waals surface area (Å²) in [6.45, 7) is -0.112. The van der Waals surface area contributed by atoms with Crippen molar-refractivity contribution in [1.82, 2.24) is 0 Å². The maximum absolute atomic E-state index is 14.0. The molecule has 1 heterocycles. The highest BCUT2D eigenvalue weighted by atomic mass is 79.9. The molecule has 1 aromatic rings. The Balaban J connectivity index is 2.48. The van der Waals surface area contributed by atoms with E-state index in [1.807, 2.05) is 0 Å². The summed E-state index contributed by atoms with van der Waals surface area (Å²) in [5.74, 6) is -4.05. The second-order valence-electron chi connectivity index (χ2n) is 4.49. The topological polar surface area (TPSA) is 83.9 Å². The van der Waals surface area contributed by atoms with Gasteiger partial charge in [-0.05, 0) is 28.1 Å². The number of methoxy groups -OCH3 is 1. The number of halogens is 2. The molecule has 1 unspecified atom stereocenters. The van der Waals surface area contributed by atoms with E-state index < -0.39 is 29.6 Å². The number of nitrogens with zero attached hydrogens (tertiary/aromatic N) is 1. The summed E-state index contributed by atoms with van der Waals surface area (Å²) in [4.78, 5) is 35.8. The van der Waals surface area contributed by atoms with Crippen molar-refractivity contribution < 1.29 is 28.6 Å². The molecule has 1 aliphatic heterocycles. The maximum Gasteiger partial charge on any atom is 0.339 e. The van der Waals surface area contributed by atoms with E-state index in [9.17, 15) is 23.9 Å². The second-order valence-corrected chi connectivity index (χ2v) is 5.34. The van der Waals surface area contributed by atoms with Gasteiger partial charge < -0.3 is 14.7 Å². The number of hydrogen-bond donors (Lipinski definition) is 1. The Morgan fingerprint density at radius 2 is 2.14 bits per heavy atom. The van der Waals surface area contributed by atoms with Crippen molar-refractivity contribution in [2.75, 3.05) is 18.6 Å². The smallest absolute Gasteiger partial charge is 0.339 e. The SMILES string of the molecule is COC(=O)C1CC(=O)N(c2c(F)ccc(Br)c2C(=O)O)C1. The summed E-state index contributed by atoms with van der Waals surface area (Å²) in [6, 6.07) is 2.31. The molecular weight excluding hydrogens is 349 g/mol. The summed E-state index contributed by atoms with van der Waals surface area (Å²) in [6.07, 6.45) is -0.141. The molecule has 0 bridgehead atoms. The van der Waals surface area contributed by atoms with Crippen LogP contribution in [0.3, 0.4) is 0 Å². The quantitative estimate of drug-likeness (QED) is 0.832. The molecule has 2 rings (SSSR count). The molecule has 21 heavy (non-hydrogen) atoms. The van der Waals surface area contributed by atoms with Crippen LogP contribution in [0.5, 0.6) is 0 Å². The van der Waals surface area contributed by atoms with Crippen molar-refractivity contribution in [2.45, 2.75) is 6.42 Å². The average Bonchev–Trinajstić information content (AvgIpc) is 2.81. The number of carbonyl (C=O) groups excluding carboxylic acids is 2. The molecule has 0 spiro atoms. The number of carbonyl (C=O) groups is 3. The van der Waals surface area contributed by atoms with Gasteiger partial charge in [0.25, 0.3) is 0 Å². The largest absolute Gasteiger partial charge is 0.478 e. The summed E-state index contributed by atoms with van der Waals surface area (Å²) in [5, 5.41) is 9.21. The van der Waals surface area contributed by atoms with Crippen molar-refractivity contribution in [3.8, 4) is 0 Å². The average molecular weight is 360 g/mol. The minimum absolute atomic E-state index is 0.112. The minimum Gasteiger partial charge on any atom is -0.478 e. The highest BCUT2D eigenvalue weighted by molar-refractivity contribution is 9.10. The molecule has 1 aromatic carbocycles. The zero-order valence-corrected chi connectivity index (χ0v) is 12.5. The molecule has 112 valence electrons. The molecule has 0 aromatic heterocycles. The number of benzene rings is 1. The molecule has 0 aliphatic carbocycles. The fourth-order valence-electron chi connectivity index (χ4n) is 2.26. The van der Waals surface area contributed by atoms with Crippen LogP contribution in [0.25, 0.3) is 0 Å². The first-order chi connectivity index (χ1) is 9.86. The van der Waals surface area contributed by atoms with Crippen molar-refractivity contribution in [3.05, 3.63) is 28.0 Å². The van der Waals surface area contributed by atoms with Crippen LogP contribution >= 0.6 is 15.9 Å². The minimum atomic E-state index is -1.37. The highest BCUT2D eigenvalue weighted by Gasteiger charge is 2.39.